The van der Waals surface area contributed by atoms with Gasteiger partial charge in [0.15, 0.2) is 0 Å². The molecule has 0 aliphatic rings. The molecular weight excluding hydrogens is 282 g/mol. The lowest BCUT2D eigenvalue weighted by atomic mass is 10.1. The van der Waals surface area contributed by atoms with Gasteiger partial charge in [0.25, 0.3) is 0 Å². The van der Waals surface area contributed by atoms with Crippen molar-refractivity contribution in [1.82, 2.24) is 9.97 Å². The second-order valence-corrected chi connectivity index (χ2v) is 5.49. The first-order chi connectivity index (χ1) is 7.97. The van der Waals surface area contributed by atoms with Gasteiger partial charge >= 0.3 is 5.69 Å². The molecule has 0 amide bonds. The Morgan fingerprint density at radius 3 is 2.35 bits per heavy atom. The molecule has 0 spiro atoms. The third-order valence-electron chi connectivity index (χ3n) is 2.99. The fourth-order valence-electron chi connectivity index (χ4n) is 1.58. The summed E-state index contributed by atoms with van der Waals surface area (Å²) in [6.45, 7) is 6.48. The molecule has 1 unspecified atom stereocenters. The van der Waals surface area contributed by atoms with Gasteiger partial charge < -0.3 is 15.3 Å². The molecule has 92 valence electrons. The normalized spacial score (nSPS) is 13.2. The zero-order valence-electron chi connectivity index (χ0n) is 10.1. The van der Waals surface area contributed by atoms with Crippen LogP contribution in [0.15, 0.2) is 21.4 Å². The number of anilines is 1. The first-order valence-corrected chi connectivity index (χ1v) is 6.44. The summed E-state index contributed by atoms with van der Waals surface area (Å²) in [6.07, 6.45) is 0. The summed E-state index contributed by atoms with van der Waals surface area (Å²) in [7, 11) is 0. The summed E-state index contributed by atoms with van der Waals surface area (Å²) in [4.78, 5) is 16.7. The largest absolute Gasteiger partial charge is 0.381 e. The zero-order valence-corrected chi connectivity index (χ0v) is 11.7. The van der Waals surface area contributed by atoms with E-state index >= 15 is 0 Å². The molecule has 5 heteroatoms. The highest BCUT2D eigenvalue weighted by Gasteiger charge is 2.10. The van der Waals surface area contributed by atoms with Crippen molar-refractivity contribution in [3.05, 3.63) is 27.1 Å². The highest BCUT2D eigenvalue weighted by molar-refractivity contribution is 9.10. The maximum Gasteiger partial charge on any atom is 0.323 e. The van der Waals surface area contributed by atoms with Crippen molar-refractivity contribution in [1.29, 1.82) is 0 Å². The average molecular weight is 298 g/mol. The predicted octanol–water partition coefficient (Wildman–Crippen LogP) is 3.08. The molecule has 0 saturated carbocycles. The zero-order chi connectivity index (χ0) is 12.6. The van der Waals surface area contributed by atoms with Crippen molar-refractivity contribution in [2.45, 2.75) is 26.8 Å². The lowest BCUT2D eigenvalue weighted by molar-refractivity contribution is 0.560. The van der Waals surface area contributed by atoms with E-state index in [-0.39, 0.29) is 5.69 Å². The maximum atomic E-state index is 11.2. The fourth-order valence-corrected chi connectivity index (χ4v) is 2.04. The SMILES string of the molecule is CC(C)C(C)Nc1cc2[nH]c(=O)[nH]c2cc1Br. The van der Waals surface area contributed by atoms with Gasteiger partial charge in [-0.1, -0.05) is 13.8 Å². The Balaban J connectivity index is 2.40. The number of hydrogen-bond acceptors (Lipinski definition) is 2. The van der Waals surface area contributed by atoms with E-state index in [1.54, 1.807) is 0 Å². The Morgan fingerprint density at radius 1 is 1.18 bits per heavy atom. The van der Waals surface area contributed by atoms with Crippen LogP contribution in [-0.2, 0) is 0 Å². The summed E-state index contributed by atoms with van der Waals surface area (Å²) in [5.74, 6) is 0.544. The minimum Gasteiger partial charge on any atom is -0.381 e. The van der Waals surface area contributed by atoms with Gasteiger partial charge in [-0.2, -0.15) is 0 Å². The Labute approximate surface area is 108 Å². The summed E-state index contributed by atoms with van der Waals surface area (Å²) in [6, 6.07) is 4.22. The predicted molar refractivity (Wildman–Crippen MR) is 74.5 cm³/mol. The number of benzene rings is 1. The Bertz CT molecular complexity index is 585. The van der Waals surface area contributed by atoms with Crippen molar-refractivity contribution in [3.63, 3.8) is 0 Å². The van der Waals surface area contributed by atoms with Crippen molar-refractivity contribution in [2.75, 3.05) is 5.32 Å². The highest BCUT2D eigenvalue weighted by atomic mass is 79.9. The Kier molecular flexibility index (Phi) is 3.28. The number of hydrogen-bond donors (Lipinski definition) is 3. The van der Waals surface area contributed by atoms with Crippen LogP contribution in [0.3, 0.4) is 0 Å². The van der Waals surface area contributed by atoms with Crippen LogP contribution in [0.5, 0.6) is 0 Å². The van der Waals surface area contributed by atoms with Gasteiger partial charge in [-0.15, -0.1) is 0 Å². The van der Waals surface area contributed by atoms with E-state index in [0.717, 1.165) is 21.2 Å². The molecule has 17 heavy (non-hydrogen) atoms. The second-order valence-electron chi connectivity index (χ2n) is 4.63. The smallest absolute Gasteiger partial charge is 0.323 e. The van der Waals surface area contributed by atoms with Crippen molar-refractivity contribution < 1.29 is 0 Å². The summed E-state index contributed by atoms with van der Waals surface area (Å²) < 4.78 is 0.952. The van der Waals surface area contributed by atoms with E-state index in [4.69, 9.17) is 0 Å². The van der Waals surface area contributed by atoms with Crippen LogP contribution in [0.25, 0.3) is 11.0 Å². The summed E-state index contributed by atoms with van der Waals surface area (Å²) in [5, 5.41) is 3.43. The Morgan fingerprint density at radius 2 is 1.76 bits per heavy atom. The number of fused-ring (bicyclic) bond motifs is 1. The van der Waals surface area contributed by atoms with E-state index in [1.165, 1.54) is 0 Å². The molecule has 0 aliphatic heterocycles. The molecule has 4 nitrogen and oxygen atoms in total. The number of aromatic amines is 2. The molecule has 0 saturated heterocycles. The monoisotopic (exact) mass is 297 g/mol. The fraction of sp³-hybridized carbons (Fsp3) is 0.417. The standard InChI is InChI=1S/C12H16BrN3O/c1-6(2)7(3)14-9-5-11-10(4-8(9)13)15-12(17)16-11/h4-7,14H,1-3H3,(H2,15,16,17). The van der Waals surface area contributed by atoms with Crippen LogP contribution in [-0.4, -0.2) is 16.0 Å². The van der Waals surface area contributed by atoms with Crippen LogP contribution >= 0.6 is 15.9 Å². The van der Waals surface area contributed by atoms with Gasteiger partial charge in [-0.25, -0.2) is 4.79 Å². The van der Waals surface area contributed by atoms with Crippen molar-refractivity contribution >= 4 is 32.7 Å². The molecule has 0 fully saturated rings. The van der Waals surface area contributed by atoms with Crippen LogP contribution in [0.1, 0.15) is 20.8 Å². The van der Waals surface area contributed by atoms with Crippen LogP contribution < -0.4 is 11.0 Å². The van der Waals surface area contributed by atoms with Gasteiger partial charge in [-0.3, -0.25) is 0 Å². The van der Waals surface area contributed by atoms with Crippen molar-refractivity contribution in [2.24, 2.45) is 5.92 Å². The molecular formula is C12H16BrN3O. The number of aromatic nitrogens is 2. The molecule has 2 rings (SSSR count). The van der Waals surface area contributed by atoms with Crippen molar-refractivity contribution in [3.8, 4) is 0 Å². The number of rotatable bonds is 3. The molecule has 0 bridgehead atoms. The minimum atomic E-state index is -0.180. The van der Waals surface area contributed by atoms with Gasteiger partial charge in [-0.05, 0) is 40.9 Å². The van der Waals surface area contributed by atoms with Gasteiger partial charge in [0.1, 0.15) is 0 Å². The lowest BCUT2D eigenvalue weighted by Gasteiger charge is -2.19. The second kappa shape index (κ2) is 4.56. The van der Waals surface area contributed by atoms with E-state index in [9.17, 15) is 4.79 Å². The van der Waals surface area contributed by atoms with Gasteiger partial charge in [0, 0.05) is 10.5 Å². The third kappa shape index (κ3) is 2.54. The molecule has 0 radical (unpaired) electrons. The summed E-state index contributed by atoms with van der Waals surface area (Å²) in [5.41, 5.74) is 2.44. The molecule has 1 atom stereocenters. The highest BCUT2D eigenvalue weighted by Crippen LogP contribution is 2.27. The van der Waals surface area contributed by atoms with Crippen LogP contribution in [0.2, 0.25) is 0 Å². The topological polar surface area (TPSA) is 60.7 Å². The first-order valence-electron chi connectivity index (χ1n) is 5.65. The molecule has 2 aromatic rings. The maximum absolute atomic E-state index is 11.2. The quantitative estimate of drug-likeness (QED) is 0.815. The van der Waals surface area contributed by atoms with Crippen LogP contribution in [0.4, 0.5) is 5.69 Å². The Hall–Kier alpha value is -1.23. The van der Waals surface area contributed by atoms with Crippen LogP contribution in [0, 0.1) is 5.92 Å². The number of H-pyrrole nitrogens is 2. The number of halogens is 1. The molecule has 3 N–H and O–H groups in total. The molecule has 1 aromatic carbocycles. The first kappa shape index (κ1) is 12.2. The van der Waals surface area contributed by atoms with E-state index in [2.05, 4.69) is 52.0 Å². The number of nitrogens with one attached hydrogen (secondary N) is 3. The van der Waals surface area contributed by atoms with E-state index in [1.807, 2.05) is 12.1 Å². The minimum absolute atomic E-state index is 0.180. The third-order valence-corrected chi connectivity index (χ3v) is 3.64. The molecule has 1 heterocycles. The van der Waals surface area contributed by atoms with Gasteiger partial charge in [0.2, 0.25) is 0 Å². The van der Waals surface area contributed by atoms with Gasteiger partial charge in [0.05, 0.1) is 16.7 Å². The number of imidazole rings is 1. The molecule has 1 aromatic heterocycles. The van der Waals surface area contributed by atoms with E-state index < -0.39 is 0 Å². The summed E-state index contributed by atoms with van der Waals surface area (Å²) >= 11 is 3.51. The molecule has 0 aliphatic carbocycles. The lowest BCUT2D eigenvalue weighted by Crippen LogP contribution is -2.21. The van der Waals surface area contributed by atoms with E-state index in [0.29, 0.717) is 12.0 Å². The average Bonchev–Trinajstić information content (AvgIpc) is 2.57.